The summed E-state index contributed by atoms with van der Waals surface area (Å²) in [6.45, 7) is 4.59. The predicted molar refractivity (Wildman–Crippen MR) is 90.4 cm³/mol. The Labute approximate surface area is 144 Å². The number of piperidine rings is 1. The minimum atomic E-state index is -3.43. The van der Waals surface area contributed by atoms with Gasteiger partial charge in [-0.3, -0.25) is 9.59 Å². The molecule has 138 valence electrons. The first-order chi connectivity index (χ1) is 11.2. The molecule has 0 unspecified atom stereocenters. The number of carbonyl (C=O) groups excluding carboxylic acids is 2. The molecular formula is C15H28N4O4S. The standard InChI is InChI=1S/C15H28N4O4S/c1-13(20)17-9-5-14(6-10-17)15(21)18-7-4-8-19(12-11-18)24(22,23)16(2)3/h14H,4-12H2,1-3H3. The molecule has 0 saturated carbocycles. The molecule has 0 aromatic heterocycles. The van der Waals surface area contributed by atoms with Crippen LogP contribution in [0.2, 0.25) is 0 Å². The fourth-order valence-corrected chi connectivity index (χ4v) is 4.41. The Hall–Kier alpha value is -1.19. The van der Waals surface area contributed by atoms with Crippen LogP contribution in [0.4, 0.5) is 0 Å². The van der Waals surface area contributed by atoms with Crippen molar-refractivity contribution in [3.63, 3.8) is 0 Å². The van der Waals surface area contributed by atoms with Crippen LogP contribution in [0.5, 0.6) is 0 Å². The van der Waals surface area contributed by atoms with Crippen molar-refractivity contribution in [2.45, 2.75) is 26.2 Å². The maximum absolute atomic E-state index is 12.7. The third-order valence-electron chi connectivity index (χ3n) is 4.84. The zero-order chi connectivity index (χ0) is 17.9. The third-order valence-corrected chi connectivity index (χ3v) is 6.78. The van der Waals surface area contributed by atoms with E-state index in [0.717, 1.165) is 0 Å². The second-order valence-corrected chi connectivity index (χ2v) is 8.79. The van der Waals surface area contributed by atoms with Crippen molar-refractivity contribution in [3.05, 3.63) is 0 Å². The van der Waals surface area contributed by atoms with Crippen LogP contribution in [0.15, 0.2) is 0 Å². The van der Waals surface area contributed by atoms with Gasteiger partial charge in [0.1, 0.15) is 0 Å². The predicted octanol–water partition coefficient (Wildman–Crippen LogP) is -0.414. The first-order valence-electron chi connectivity index (χ1n) is 8.45. The fourth-order valence-electron chi connectivity index (χ4n) is 3.28. The van der Waals surface area contributed by atoms with Crippen molar-refractivity contribution in [2.75, 3.05) is 53.4 Å². The molecule has 0 aromatic rings. The van der Waals surface area contributed by atoms with Gasteiger partial charge in [-0.25, -0.2) is 0 Å². The molecule has 24 heavy (non-hydrogen) atoms. The van der Waals surface area contributed by atoms with E-state index in [2.05, 4.69) is 0 Å². The van der Waals surface area contributed by atoms with Crippen LogP contribution < -0.4 is 0 Å². The van der Waals surface area contributed by atoms with Gasteiger partial charge in [-0.2, -0.15) is 17.0 Å². The molecule has 0 aromatic carbocycles. The second kappa shape index (κ2) is 7.79. The number of hydrogen-bond acceptors (Lipinski definition) is 4. The molecule has 0 bridgehead atoms. The van der Waals surface area contributed by atoms with E-state index in [1.165, 1.54) is 22.7 Å². The molecule has 0 aliphatic carbocycles. The first kappa shape index (κ1) is 19.1. The molecule has 2 saturated heterocycles. The zero-order valence-electron chi connectivity index (χ0n) is 14.8. The number of nitrogens with zero attached hydrogens (tertiary/aromatic N) is 4. The smallest absolute Gasteiger partial charge is 0.281 e. The molecule has 2 aliphatic heterocycles. The Morgan fingerprint density at radius 1 is 0.917 bits per heavy atom. The van der Waals surface area contributed by atoms with Crippen molar-refractivity contribution >= 4 is 22.0 Å². The Bertz CT molecular complexity index is 570. The summed E-state index contributed by atoms with van der Waals surface area (Å²) in [5.41, 5.74) is 0. The summed E-state index contributed by atoms with van der Waals surface area (Å²) in [7, 11) is -0.390. The molecule has 2 heterocycles. The minimum Gasteiger partial charge on any atom is -0.343 e. The summed E-state index contributed by atoms with van der Waals surface area (Å²) >= 11 is 0. The van der Waals surface area contributed by atoms with Crippen molar-refractivity contribution in [3.8, 4) is 0 Å². The summed E-state index contributed by atoms with van der Waals surface area (Å²) in [5, 5.41) is 0. The lowest BCUT2D eigenvalue weighted by Crippen LogP contribution is -2.45. The summed E-state index contributed by atoms with van der Waals surface area (Å²) in [5.74, 6) is 0.0973. The highest BCUT2D eigenvalue weighted by molar-refractivity contribution is 7.86. The minimum absolute atomic E-state index is 0.0557. The largest absolute Gasteiger partial charge is 0.343 e. The van der Waals surface area contributed by atoms with Gasteiger partial charge >= 0.3 is 0 Å². The highest BCUT2D eigenvalue weighted by Crippen LogP contribution is 2.21. The first-order valence-corrected chi connectivity index (χ1v) is 9.85. The van der Waals surface area contributed by atoms with Gasteiger partial charge in [0.05, 0.1) is 0 Å². The van der Waals surface area contributed by atoms with E-state index in [0.29, 0.717) is 58.5 Å². The highest BCUT2D eigenvalue weighted by atomic mass is 32.2. The topological polar surface area (TPSA) is 81.2 Å². The van der Waals surface area contributed by atoms with E-state index >= 15 is 0 Å². The number of rotatable bonds is 3. The Morgan fingerprint density at radius 2 is 1.54 bits per heavy atom. The van der Waals surface area contributed by atoms with Crippen molar-refractivity contribution in [1.29, 1.82) is 0 Å². The normalized spacial score (nSPS) is 21.8. The van der Waals surface area contributed by atoms with Gasteiger partial charge in [0, 0.05) is 66.2 Å². The van der Waals surface area contributed by atoms with Gasteiger partial charge in [-0.1, -0.05) is 0 Å². The van der Waals surface area contributed by atoms with E-state index in [4.69, 9.17) is 0 Å². The average molecular weight is 360 g/mol. The van der Waals surface area contributed by atoms with Gasteiger partial charge in [-0.15, -0.1) is 0 Å². The van der Waals surface area contributed by atoms with Crippen LogP contribution in [0.3, 0.4) is 0 Å². The Morgan fingerprint density at radius 3 is 2.08 bits per heavy atom. The molecule has 0 atom stereocenters. The van der Waals surface area contributed by atoms with Gasteiger partial charge in [0.15, 0.2) is 0 Å². The number of hydrogen-bond donors (Lipinski definition) is 0. The van der Waals surface area contributed by atoms with Crippen molar-refractivity contribution in [1.82, 2.24) is 18.4 Å². The molecule has 2 aliphatic rings. The molecule has 2 amide bonds. The fraction of sp³-hybridized carbons (Fsp3) is 0.867. The highest BCUT2D eigenvalue weighted by Gasteiger charge is 2.32. The van der Waals surface area contributed by atoms with Crippen molar-refractivity contribution in [2.24, 2.45) is 5.92 Å². The molecule has 0 radical (unpaired) electrons. The van der Waals surface area contributed by atoms with E-state index in [1.54, 1.807) is 16.7 Å². The molecule has 8 nitrogen and oxygen atoms in total. The number of amides is 2. The van der Waals surface area contributed by atoms with Crippen LogP contribution >= 0.6 is 0 Å². The van der Waals surface area contributed by atoms with Crippen LogP contribution in [-0.2, 0) is 19.8 Å². The van der Waals surface area contributed by atoms with Gasteiger partial charge in [0.25, 0.3) is 10.2 Å². The monoisotopic (exact) mass is 360 g/mol. The van der Waals surface area contributed by atoms with Crippen LogP contribution in [-0.4, -0.2) is 92.0 Å². The molecule has 2 fully saturated rings. The lowest BCUT2D eigenvalue weighted by molar-refractivity contribution is -0.139. The van der Waals surface area contributed by atoms with Crippen LogP contribution in [0, 0.1) is 5.92 Å². The third kappa shape index (κ3) is 4.25. The summed E-state index contributed by atoms with van der Waals surface area (Å²) in [6, 6.07) is 0. The lowest BCUT2D eigenvalue weighted by atomic mass is 9.95. The van der Waals surface area contributed by atoms with Gasteiger partial charge in [-0.05, 0) is 19.3 Å². The number of carbonyl (C=O) groups is 2. The van der Waals surface area contributed by atoms with E-state index in [9.17, 15) is 18.0 Å². The summed E-state index contributed by atoms with van der Waals surface area (Å²) in [4.78, 5) is 27.7. The second-order valence-electron chi connectivity index (χ2n) is 6.65. The molecule has 0 spiro atoms. The summed E-state index contributed by atoms with van der Waals surface area (Å²) in [6.07, 6.45) is 2.02. The zero-order valence-corrected chi connectivity index (χ0v) is 15.6. The SMILES string of the molecule is CC(=O)N1CCC(C(=O)N2CCCN(S(=O)(=O)N(C)C)CC2)CC1. The Kier molecular flexibility index (Phi) is 6.22. The summed E-state index contributed by atoms with van der Waals surface area (Å²) < 4.78 is 27.1. The number of likely N-dealkylation sites (tertiary alicyclic amines) is 1. The van der Waals surface area contributed by atoms with E-state index < -0.39 is 10.2 Å². The maximum Gasteiger partial charge on any atom is 0.281 e. The van der Waals surface area contributed by atoms with E-state index in [1.807, 2.05) is 0 Å². The maximum atomic E-state index is 12.7. The van der Waals surface area contributed by atoms with Crippen molar-refractivity contribution < 1.29 is 18.0 Å². The quantitative estimate of drug-likeness (QED) is 0.685. The molecule has 0 N–H and O–H groups in total. The Balaban J connectivity index is 1.92. The molecular weight excluding hydrogens is 332 g/mol. The van der Waals surface area contributed by atoms with Gasteiger partial charge in [0.2, 0.25) is 11.8 Å². The lowest BCUT2D eigenvalue weighted by Gasteiger charge is -2.33. The van der Waals surface area contributed by atoms with E-state index in [-0.39, 0.29) is 17.7 Å². The van der Waals surface area contributed by atoms with Gasteiger partial charge < -0.3 is 9.80 Å². The molecule has 9 heteroatoms. The van der Waals surface area contributed by atoms with Crippen LogP contribution in [0.25, 0.3) is 0 Å². The molecule has 2 rings (SSSR count). The van der Waals surface area contributed by atoms with Crippen LogP contribution in [0.1, 0.15) is 26.2 Å². The average Bonchev–Trinajstić information content (AvgIpc) is 2.80.